The number of aromatic nitrogens is 8. The number of halogens is 2. The molecular formula is C73H79BrFN17O8. The van der Waals surface area contributed by atoms with E-state index in [2.05, 4.69) is 53.8 Å². The molecule has 2 saturated carbocycles. The van der Waals surface area contributed by atoms with Gasteiger partial charge >= 0.3 is 17.9 Å². The van der Waals surface area contributed by atoms with Gasteiger partial charge in [0.2, 0.25) is 0 Å². The Morgan fingerprint density at radius 3 is 1.43 bits per heavy atom. The molecule has 3 aliphatic carbocycles. The first-order valence-corrected chi connectivity index (χ1v) is 33.7. The highest BCUT2D eigenvalue weighted by molar-refractivity contribution is 9.10. The van der Waals surface area contributed by atoms with Crippen LogP contribution in [0.4, 0.5) is 27.1 Å². The van der Waals surface area contributed by atoms with Crippen molar-refractivity contribution < 1.29 is 42.6 Å². The van der Waals surface area contributed by atoms with Gasteiger partial charge < -0.3 is 53.9 Å². The highest BCUT2D eigenvalue weighted by atomic mass is 79.9. The van der Waals surface area contributed by atoms with Crippen molar-refractivity contribution in [3.05, 3.63) is 205 Å². The number of nitrogens with one attached hydrogen (secondary N) is 1. The number of hydrogen-bond acceptors (Lipinski definition) is 19. The molecule has 4 heterocycles. The average molecular weight is 1420 g/mol. The van der Waals surface area contributed by atoms with Crippen LogP contribution in [-0.4, -0.2) is 88.7 Å². The zero-order valence-electron chi connectivity index (χ0n) is 56.0. The summed E-state index contributed by atoms with van der Waals surface area (Å²) in [6.07, 6.45) is 13.8. The van der Waals surface area contributed by atoms with E-state index in [-0.39, 0.29) is 54.4 Å². The fraction of sp³-hybridized carbons (Fsp3) is 0.301. The third-order valence-electron chi connectivity index (χ3n) is 17.1. The van der Waals surface area contributed by atoms with E-state index in [4.69, 9.17) is 59.1 Å². The molecule has 0 saturated heterocycles. The second-order valence-electron chi connectivity index (χ2n) is 23.7. The third kappa shape index (κ3) is 16.7. The number of hydrogen-bond donors (Lipinski definition) is 7. The van der Waals surface area contributed by atoms with Crippen LogP contribution in [0.2, 0.25) is 0 Å². The number of nitrogens with zero attached hydrogens (tertiary/aromatic N) is 10. The molecule has 100 heavy (non-hydrogen) atoms. The highest BCUT2D eigenvalue weighted by Crippen LogP contribution is 2.40. The number of benzene rings is 5. The molecule has 3 aliphatic rings. The molecule has 25 nitrogen and oxygen atoms in total. The van der Waals surface area contributed by atoms with Gasteiger partial charge in [-0.05, 0) is 196 Å². The van der Waals surface area contributed by atoms with E-state index < -0.39 is 29.6 Å². The molecule has 0 unspecified atom stereocenters. The standard InChI is InChI=1S/C24H26FN5O2.C18H24N4O2.C18H18N4O2.C13H11BrN4O2/c1-14-6-9-17(25)12-19(14)24(32)28-13-15-7-10-18(11-8-15)30-22(23(27)31)20(26)21(29-30)16-4-2-3-5-16;2*1-2-24-18(23)17-15(20)16(13-5-3-4-6-13)21-22(17)14-9-7-12(11-19)8-10-14;1-2-20-13(19)11-10(16)12(14)17-18(11)9-5-3-8(7-15)4-6-9/h6-12,16H,2-5,13,26H2,1H3,(H2,27,31)(H,28,32);7-10,13H,2-6,11,19-20H2,1H3;5,7-10H,2-4,6,20H2,1H3;3-6H,2,16H2,1H3. The lowest BCUT2D eigenvalue weighted by Gasteiger charge is -2.10. The van der Waals surface area contributed by atoms with Crippen LogP contribution in [0.5, 0.6) is 0 Å². The van der Waals surface area contributed by atoms with Crippen molar-refractivity contribution in [1.82, 2.24) is 44.4 Å². The second kappa shape index (κ2) is 33.7. The largest absolute Gasteiger partial charge is 0.461 e. The summed E-state index contributed by atoms with van der Waals surface area (Å²) in [6.45, 7) is 8.55. The number of nitriles is 2. The van der Waals surface area contributed by atoms with Crippen molar-refractivity contribution in [2.75, 3.05) is 42.8 Å². The summed E-state index contributed by atoms with van der Waals surface area (Å²) >= 11 is 3.19. The number of nitrogens with two attached hydrogens (primary N) is 6. The van der Waals surface area contributed by atoms with Crippen LogP contribution in [0.15, 0.2) is 126 Å². The molecule has 0 aliphatic heterocycles. The summed E-state index contributed by atoms with van der Waals surface area (Å²) in [5.41, 5.74) is 48.0. The van der Waals surface area contributed by atoms with E-state index in [1.165, 1.54) is 39.0 Å². The average Bonchev–Trinajstić information content (AvgIpc) is 1.67. The van der Waals surface area contributed by atoms with Crippen molar-refractivity contribution in [1.29, 1.82) is 10.5 Å². The summed E-state index contributed by atoms with van der Waals surface area (Å²) in [4.78, 5) is 61.3. The lowest BCUT2D eigenvalue weighted by molar-refractivity contribution is 0.0507. The topological polar surface area (TPSA) is 400 Å². The number of aryl methyl sites for hydroxylation is 1. The van der Waals surface area contributed by atoms with Gasteiger partial charge in [-0.3, -0.25) is 9.59 Å². The molecule has 0 bridgehead atoms. The Kier molecular flexibility index (Phi) is 24.5. The minimum Gasteiger partial charge on any atom is -0.461 e. The molecule has 0 spiro atoms. The van der Waals surface area contributed by atoms with Gasteiger partial charge in [0.15, 0.2) is 27.4 Å². The first-order chi connectivity index (χ1) is 48.2. The Balaban J connectivity index is 0.000000158. The van der Waals surface area contributed by atoms with Crippen molar-refractivity contribution in [2.45, 2.75) is 123 Å². The summed E-state index contributed by atoms with van der Waals surface area (Å²) in [5, 5.41) is 38.6. The van der Waals surface area contributed by atoms with Crippen LogP contribution < -0.4 is 39.7 Å². The predicted molar refractivity (Wildman–Crippen MR) is 380 cm³/mol. The predicted octanol–water partition coefficient (Wildman–Crippen LogP) is 11.7. The quantitative estimate of drug-likeness (QED) is 0.0310. The van der Waals surface area contributed by atoms with Crippen LogP contribution >= 0.6 is 15.9 Å². The minimum atomic E-state index is -0.624. The van der Waals surface area contributed by atoms with Crippen molar-refractivity contribution in [3.8, 4) is 34.9 Å². The molecule has 518 valence electrons. The van der Waals surface area contributed by atoms with Gasteiger partial charge in [-0.15, -0.1) is 0 Å². The lowest BCUT2D eigenvalue weighted by Crippen LogP contribution is -2.23. The first-order valence-electron chi connectivity index (χ1n) is 32.9. The summed E-state index contributed by atoms with van der Waals surface area (Å²) < 4.78 is 35.1. The van der Waals surface area contributed by atoms with Crippen LogP contribution in [0, 0.1) is 35.4 Å². The summed E-state index contributed by atoms with van der Waals surface area (Å²) in [5.74, 6) is -2.34. The molecular weight excluding hydrogens is 1340 g/mol. The number of allylic oxidation sites excluding steroid dienone is 2. The molecule has 13 N–H and O–H groups in total. The van der Waals surface area contributed by atoms with Gasteiger partial charge in [0, 0.05) is 30.5 Å². The van der Waals surface area contributed by atoms with E-state index in [1.807, 2.05) is 42.5 Å². The van der Waals surface area contributed by atoms with E-state index >= 15 is 0 Å². The number of primary amides is 1. The van der Waals surface area contributed by atoms with Gasteiger partial charge in [-0.25, -0.2) is 37.5 Å². The summed E-state index contributed by atoms with van der Waals surface area (Å²) in [6, 6.07) is 36.6. The first kappa shape index (κ1) is 72.8. The zero-order chi connectivity index (χ0) is 71.7. The molecule has 0 atom stereocenters. The number of carbonyl (C=O) groups is 5. The van der Waals surface area contributed by atoms with E-state index in [0.717, 1.165) is 91.6 Å². The minimum absolute atomic E-state index is 0.156. The number of amides is 2. The van der Waals surface area contributed by atoms with Crippen LogP contribution in [-0.2, 0) is 27.3 Å². The van der Waals surface area contributed by atoms with Crippen LogP contribution in [0.1, 0.15) is 200 Å². The second-order valence-corrected chi connectivity index (χ2v) is 24.5. The van der Waals surface area contributed by atoms with Gasteiger partial charge in [-0.2, -0.15) is 30.9 Å². The van der Waals surface area contributed by atoms with Crippen molar-refractivity contribution in [2.24, 2.45) is 11.5 Å². The Bertz CT molecular complexity index is 4550. The maximum atomic E-state index is 13.5. The highest BCUT2D eigenvalue weighted by Gasteiger charge is 2.32. The van der Waals surface area contributed by atoms with Crippen molar-refractivity contribution >= 4 is 74.0 Å². The number of rotatable bonds is 18. The van der Waals surface area contributed by atoms with Crippen molar-refractivity contribution in [3.63, 3.8) is 0 Å². The molecule has 27 heteroatoms. The van der Waals surface area contributed by atoms with E-state index in [0.29, 0.717) is 91.4 Å². The molecule has 12 rings (SSSR count). The van der Waals surface area contributed by atoms with E-state index in [9.17, 15) is 28.4 Å². The Morgan fingerprint density at radius 2 is 0.990 bits per heavy atom. The number of nitrogen functional groups attached to an aromatic ring is 4. The SMILES string of the molecule is CCOC(=O)c1c(N)c(Br)nn1-c1ccc(C#N)cc1.CCOC(=O)c1c(N)c(C2=CCCC2)nn1-c1ccc(C#N)cc1.CCOC(=O)c1c(N)c(C2CCCC2)nn1-c1ccc(CN)cc1.Cc1ccc(F)cc1C(=O)NCc1ccc(-n2nc(C3CCCC3)c(N)c2C(N)=O)cc1. The van der Waals surface area contributed by atoms with Crippen LogP contribution in [0.25, 0.3) is 28.3 Å². The van der Waals surface area contributed by atoms with E-state index in [1.54, 1.807) is 99.1 Å². The summed E-state index contributed by atoms with van der Waals surface area (Å²) in [7, 11) is 0. The smallest absolute Gasteiger partial charge is 0.359 e. The molecule has 2 amide bonds. The number of anilines is 4. The van der Waals surface area contributed by atoms with Gasteiger partial charge in [0.25, 0.3) is 11.8 Å². The normalized spacial score (nSPS) is 13.3. The fourth-order valence-electron chi connectivity index (χ4n) is 12.0. The Labute approximate surface area is 585 Å². The lowest BCUT2D eigenvalue weighted by atomic mass is 10.0. The Hall–Kier alpha value is -11.4. The third-order valence-corrected chi connectivity index (χ3v) is 17.7. The number of ether oxygens (including phenoxy) is 3. The number of esters is 3. The van der Waals surface area contributed by atoms with Gasteiger partial charge in [0.05, 0.1) is 94.3 Å². The van der Waals surface area contributed by atoms with Gasteiger partial charge in [0.1, 0.15) is 17.2 Å². The molecule has 5 aromatic carbocycles. The molecule has 0 radical (unpaired) electrons. The number of carbonyl (C=O) groups excluding carboxylic acids is 5. The maximum absolute atomic E-state index is 13.5. The monoisotopic (exact) mass is 1420 g/mol. The molecule has 2 fully saturated rings. The zero-order valence-corrected chi connectivity index (χ0v) is 57.6. The maximum Gasteiger partial charge on any atom is 0.359 e. The van der Waals surface area contributed by atoms with Gasteiger partial charge in [-0.1, -0.05) is 62.1 Å². The fourth-order valence-corrected chi connectivity index (χ4v) is 12.4. The molecule has 4 aromatic heterocycles. The Morgan fingerprint density at radius 1 is 0.570 bits per heavy atom. The van der Waals surface area contributed by atoms with Crippen LogP contribution in [0.3, 0.4) is 0 Å². The molecule has 9 aromatic rings.